The highest BCUT2D eigenvalue weighted by Crippen LogP contribution is 2.42. The number of nitrogens with zero attached hydrogens (tertiary/aromatic N) is 3. The van der Waals surface area contributed by atoms with E-state index in [1.807, 2.05) is 27.8 Å². The number of nitrogens with one attached hydrogen (secondary N) is 4. The van der Waals surface area contributed by atoms with Crippen molar-refractivity contribution < 1.29 is 43.1 Å². The van der Waals surface area contributed by atoms with Gasteiger partial charge in [-0.3, -0.25) is 38.5 Å². The van der Waals surface area contributed by atoms with Gasteiger partial charge in [0.05, 0.1) is 11.3 Å². The largest absolute Gasteiger partial charge is 0.447 e. The van der Waals surface area contributed by atoms with Gasteiger partial charge in [-0.2, -0.15) is 0 Å². The minimum absolute atomic E-state index is 0.122. The van der Waals surface area contributed by atoms with Crippen molar-refractivity contribution in [1.29, 1.82) is 0 Å². The van der Waals surface area contributed by atoms with E-state index < -0.39 is 52.7 Å². The van der Waals surface area contributed by atoms with Crippen LogP contribution in [0.3, 0.4) is 0 Å². The molecule has 1 aliphatic carbocycles. The van der Waals surface area contributed by atoms with Crippen LogP contribution in [0.15, 0.2) is 24.3 Å². The number of esters is 1. The molecular formula is C43H66N8O9. The molecule has 2 saturated heterocycles. The van der Waals surface area contributed by atoms with Crippen molar-refractivity contribution in [3.63, 3.8) is 0 Å². The maximum Gasteiger partial charge on any atom is 0.312 e. The van der Waals surface area contributed by atoms with Crippen LogP contribution < -0.4 is 27.0 Å². The Morgan fingerprint density at radius 1 is 0.850 bits per heavy atom. The van der Waals surface area contributed by atoms with Crippen molar-refractivity contribution in [2.45, 2.75) is 111 Å². The van der Waals surface area contributed by atoms with Crippen molar-refractivity contribution in [1.82, 2.24) is 30.7 Å². The number of piperazine rings is 1. The lowest BCUT2D eigenvalue weighted by Crippen LogP contribution is -2.58. The number of anilines is 1. The molecule has 1 aromatic carbocycles. The fraction of sp³-hybridized carbons (Fsp3) is 0.674. The van der Waals surface area contributed by atoms with Crippen molar-refractivity contribution in [3.05, 3.63) is 29.8 Å². The molecule has 6 N–H and O–H groups in total. The lowest BCUT2D eigenvalue weighted by Gasteiger charge is -2.39. The Kier molecular flexibility index (Phi) is 16.2. The number of hydrogen-bond donors (Lipinski definition) is 5. The Morgan fingerprint density at radius 2 is 1.48 bits per heavy atom. The molecule has 2 aliphatic heterocycles. The second-order valence-electron chi connectivity index (χ2n) is 18.5. The van der Waals surface area contributed by atoms with E-state index in [-0.39, 0.29) is 48.4 Å². The molecule has 1 saturated carbocycles. The normalized spacial score (nSPS) is 19.1. The number of primary amides is 1. The molecule has 8 amide bonds. The molecule has 3 aliphatic rings. The average molecular weight is 839 g/mol. The summed E-state index contributed by atoms with van der Waals surface area (Å²) < 4.78 is 5.79. The topological polar surface area (TPSA) is 230 Å². The number of likely N-dealkylation sites (tertiary alicyclic amines) is 1. The quantitative estimate of drug-likeness (QED) is 0.0629. The summed E-state index contributed by atoms with van der Waals surface area (Å²) in [6.45, 7) is 14.1. The Labute approximate surface area is 353 Å². The zero-order valence-electron chi connectivity index (χ0n) is 36.4. The number of hydrogen-bond acceptors (Lipinski definition) is 10. The molecule has 17 nitrogen and oxygen atoms in total. The predicted octanol–water partition coefficient (Wildman–Crippen LogP) is 2.84. The molecule has 3 fully saturated rings. The van der Waals surface area contributed by atoms with Gasteiger partial charge < -0.3 is 41.5 Å². The summed E-state index contributed by atoms with van der Waals surface area (Å²) in [5.74, 6) is -3.04. The number of urea groups is 1. The summed E-state index contributed by atoms with van der Waals surface area (Å²) in [5, 5.41) is 11.0. The van der Waals surface area contributed by atoms with E-state index in [9.17, 15) is 38.4 Å². The summed E-state index contributed by atoms with van der Waals surface area (Å²) in [7, 11) is 1.97. The number of imide groups is 1. The summed E-state index contributed by atoms with van der Waals surface area (Å²) in [4.78, 5) is 109. The third kappa shape index (κ3) is 12.5. The van der Waals surface area contributed by atoms with Crippen molar-refractivity contribution in [2.24, 2.45) is 27.9 Å². The maximum atomic E-state index is 13.8. The first kappa shape index (κ1) is 47.6. The second-order valence-corrected chi connectivity index (χ2v) is 18.5. The number of ether oxygens (including phenoxy) is 1. The van der Waals surface area contributed by atoms with Gasteiger partial charge in [-0.25, -0.2) is 4.79 Å². The number of amides is 8. The van der Waals surface area contributed by atoms with Gasteiger partial charge in [0.1, 0.15) is 11.5 Å². The Morgan fingerprint density at radius 3 is 2.03 bits per heavy atom. The third-order valence-electron chi connectivity index (χ3n) is 11.7. The molecule has 0 bridgehead atoms. The average Bonchev–Trinajstić information content (AvgIpc) is 3.45. The molecular weight excluding hydrogens is 773 g/mol. The van der Waals surface area contributed by atoms with Crippen LogP contribution in [0.2, 0.25) is 0 Å². The van der Waals surface area contributed by atoms with Crippen LogP contribution >= 0.6 is 0 Å². The molecule has 332 valence electrons. The minimum atomic E-state index is -1.35. The Bertz CT molecular complexity index is 1740. The number of likely N-dealkylation sites (N-methyl/N-ethyl adjacent to an activating group) is 1. The van der Waals surface area contributed by atoms with Gasteiger partial charge in [0.25, 0.3) is 5.91 Å². The van der Waals surface area contributed by atoms with Crippen LogP contribution in [-0.2, 0) is 38.3 Å². The summed E-state index contributed by atoms with van der Waals surface area (Å²) >= 11 is 0. The predicted molar refractivity (Wildman–Crippen MR) is 224 cm³/mol. The first-order chi connectivity index (χ1) is 28.1. The Balaban J connectivity index is 1.37. The van der Waals surface area contributed by atoms with Crippen LogP contribution in [0, 0.1) is 22.2 Å². The highest BCUT2D eigenvalue weighted by atomic mass is 16.5. The SMILES string of the molecule is CN1CCN(C(=O)C(OC(=O)C(C)(C)C)c2ccc(NC(=O)[C@H](CCCNC(N)=O)NC(=O)C3(C(=O)NCCCCCN4C(=O)CC(C(C)(C)C)C4=O)CCC3)cc2)CC1. The second kappa shape index (κ2) is 20.5. The van der Waals surface area contributed by atoms with E-state index >= 15 is 0 Å². The molecule has 2 heterocycles. The molecule has 0 spiro atoms. The van der Waals surface area contributed by atoms with Crippen molar-refractivity contribution in [2.75, 3.05) is 58.2 Å². The van der Waals surface area contributed by atoms with Gasteiger partial charge in [0.2, 0.25) is 35.6 Å². The molecule has 0 aromatic heterocycles. The first-order valence-electron chi connectivity index (χ1n) is 21.2. The molecule has 60 heavy (non-hydrogen) atoms. The van der Waals surface area contributed by atoms with Crippen LogP contribution in [-0.4, -0.2) is 121 Å². The smallest absolute Gasteiger partial charge is 0.312 e. The summed E-state index contributed by atoms with van der Waals surface area (Å²) in [6, 6.07) is 4.58. The minimum Gasteiger partial charge on any atom is -0.447 e. The van der Waals surface area contributed by atoms with E-state index in [1.54, 1.807) is 49.9 Å². The van der Waals surface area contributed by atoms with Crippen LogP contribution in [0.25, 0.3) is 0 Å². The van der Waals surface area contributed by atoms with Gasteiger partial charge in [0.15, 0.2) is 0 Å². The van der Waals surface area contributed by atoms with E-state index in [1.165, 1.54) is 4.90 Å². The lowest BCUT2D eigenvalue weighted by molar-refractivity contribution is -0.168. The number of carbonyl (C=O) groups is 8. The van der Waals surface area contributed by atoms with Gasteiger partial charge >= 0.3 is 12.0 Å². The Hall–Kier alpha value is -5.06. The number of unbranched alkanes of at least 4 members (excludes halogenated alkanes) is 2. The van der Waals surface area contributed by atoms with Crippen molar-refractivity contribution in [3.8, 4) is 0 Å². The zero-order chi connectivity index (χ0) is 44.4. The summed E-state index contributed by atoms with van der Waals surface area (Å²) in [5.41, 5.74) is 3.51. The molecule has 4 rings (SSSR count). The molecule has 17 heteroatoms. The van der Waals surface area contributed by atoms with E-state index in [4.69, 9.17) is 10.5 Å². The van der Waals surface area contributed by atoms with Gasteiger partial charge in [-0.1, -0.05) is 39.3 Å². The van der Waals surface area contributed by atoms with E-state index in [2.05, 4.69) is 26.2 Å². The molecule has 1 aromatic rings. The number of rotatable bonds is 18. The molecule has 2 unspecified atom stereocenters. The van der Waals surface area contributed by atoms with Crippen LogP contribution in [0.5, 0.6) is 0 Å². The van der Waals surface area contributed by atoms with Crippen molar-refractivity contribution >= 4 is 53.1 Å². The zero-order valence-corrected chi connectivity index (χ0v) is 36.4. The third-order valence-corrected chi connectivity index (χ3v) is 11.7. The number of nitrogens with two attached hydrogens (primary N) is 1. The monoisotopic (exact) mass is 838 g/mol. The fourth-order valence-electron chi connectivity index (χ4n) is 7.42. The first-order valence-corrected chi connectivity index (χ1v) is 21.2. The molecule has 3 atom stereocenters. The maximum absolute atomic E-state index is 13.8. The fourth-order valence-corrected chi connectivity index (χ4v) is 7.42. The highest BCUT2D eigenvalue weighted by molar-refractivity contribution is 6.08. The summed E-state index contributed by atoms with van der Waals surface area (Å²) in [6.07, 6.45) is 2.57. The lowest BCUT2D eigenvalue weighted by atomic mass is 9.67. The van der Waals surface area contributed by atoms with Gasteiger partial charge in [-0.15, -0.1) is 0 Å². The number of benzene rings is 1. The van der Waals surface area contributed by atoms with Gasteiger partial charge in [0, 0.05) is 63.5 Å². The van der Waals surface area contributed by atoms with E-state index in [0.717, 1.165) is 0 Å². The standard InChI is InChI=1S/C43H66N8O9/c1-41(2,3)30-27-32(52)51(35(30)54)22-10-8-9-20-45-37(56)43(18-12-19-43)38(57)48-31(13-11-21-46-40(44)59)34(53)47-29-16-14-28(15-17-29)33(60-39(58)42(4,5)6)36(55)50-25-23-49(7)24-26-50/h14-17,30-31,33H,8-13,18-27H2,1-7H3,(H,45,56)(H,47,53)(H,48,57)(H3,44,46,59)/t30?,31-,33?/m0/s1. The van der Waals surface area contributed by atoms with Crippen LogP contribution in [0.4, 0.5) is 10.5 Å². The highest BCUT2D eigenvalue weighted by Gasteiger charge is 2.51. The molecule has 0 radical (unpaired) electrons. The van der Waals surface area contributed by atoms with Crippen LogP contribution in [0.1, 0.15) is 111 Å². The number of carbonyl (C=O) groups excluding carboxylic acids is 8. The van der Waals surface area contributed by atoms with E-state index in [0.29, 0.717) is 95.5 Å². The van der Waals surface area contributed by atoms with Gasteiger partial charge in [-0.05, 0) is 90.3 Å².